The first-order valence-electron chi connectivity index (χ1n) is 10.9. The maximum absolute atomic E-state index is 12.5. The first kappa shape index (κ1) is 23.5. The summed E-state index contributed by atoms with van der Waals surface area (Å²) in [5, 5.41) is 6.17. The van der Waals surface area contributed by atoms with Gasteiger partial charge in [0.15, 0.2) is 11.5 Å². The predicted molar refractivity (Wildman–Crippen MR) is 134 cm³/mol. The van der Waals surface area contributed by atoms with Crippen molar-refractivity contribution in [3.05, 3.63) is 102 Å². The minimum Gasteiger partial charge on any atom is -0.493 e. The zero-order chi connectivity index (χ0) is 24.6. The lowest BCUT2D eigenvalue weighted by atomic mass is 10.0. The Balaban J connectivity index is 1.33. The fourth-order valence-corrected chi connectivity index (χ4v) is 3.59. The number of benzene rings is 4. The largest absolute Gasteiger partial charge is 0.493 e. The molecule has 4 rings (SSSR count). The minimum atomic E-state index is -0.520. The predicted octanol–water partition coefficient (Wildman–Crippen LogP) is 4.77. The van der Waals surface area contributed by atoms with Gasteiger partial charge in [-0.05, 0) is 64.4 Å². The Kier molecular flexibility index (Phi) is 7.37. The van der Waals surface area contributed by atoms with Crippen LogP contribution in [0.4, 0.5) is 0 Å². The number of nitrogens with one attached hydrogen (secondary N) is 1. The number of rotatable bonds is 8. The molecule has 0 bridgehead atoms. The molecular formula is C28H24N2O5. The van der Waals surface area contributed by atoms with Gasteiger partial charge in [-0.2, -0.15) is 5.10 Å². The van der Waals surface area contributed by atoms with Crippen molar-refractivity contribution in [2.45, 2.75) is 6.42 Å². The molecule has 35 heavy (non-hydrogen) atoms. The fourth-order valence-electron chi connectivity index (χ4n) is 3.59. The fraction of sp³-hybridized carbons (Fsp3) is 0.107. The quantitative estimate of drug-likeness (QED) is 0.174. The molecule has 4 aromatic carbocycles. The molecule has 4 aromatic rings. The highest BCUT2D eigenvalue weighted by Gasteiger charge is 2.13. The molecule has 0 aliphatic heterocycles. The van der Waals surface area contributed by atoms with Crippen molar-refractivity contribution >= 4 is 28.9 Å². The van der Waals surface area contributed by atoms with Crippen LogP contribution < -0.4 is 19.6 Å². The summed E-state index contributed by atoms with van der Waals surface area (Å²) >= 11 is 0. The van der Waals surface area contributed by atoms with E-state index in [0.717, 1.165) is 21.9 Å². The first-order chi connectivity index (χ1) is 17.1. The molecule has 176 valence electrons. The Hall–Kier alpha value is -4.65. The second-order valence-corrected chi connectivity index (χ2v) is 7.64. The first-order valence-corrected chi connectivity index (χ1v) is 10.9. The van der Waals surface area contributed by atoms with Crippen LogP contribution in [0, 0.1) is 0 Å². The Morgan fingerprint density at radius 1 is 0.857 bits per heavy atom. The van der Waals surface area contributed by atoms with Gasteiger partial charge in [0.05, 0.1) is 32.4 Å². The smallest absolute Gasteiger partial charge is 0.343 e. The summed E-state index contributed by atoms with van der Waals surface area (Å²) < 4.78 is 15.8. The highest BCUT2D eigenvalue weighted by Crippen LogP contribution is 2.28. The van der Waals surface area contributed by atoms with E-state index in [9.17, 15) is 9.59 Å². The SMILES string of the molecule is COc1ccc(C(=O)Oc2ccc(/C=N\NC(=O)Cc3cccc4ccccc34)cc2)cc1OC. The summed E-state index contributed by atoms with van der Waals surface area (Å²) in [7, 11) is 3.02. The number of hydrogen-bond donors (Lipinski definition) is 1. The van der Waals surface area contributed by atoms with Crippen molar-refractivity contribution in [2.24, 2.45) is 5.10 Å². The Morgan fingerprint density at radius 2 is 1.60 bits per heavy atom. The molecule has 0 unspecified atom stereocenters. The summed E-state index contributed by atoms with van der Waals surface area (Å²) in [4.78, 5) is 24.8. The third-order valence-electron chi connectivity index (χ3n) is 5.34. The van der Waals surface area contributed by atoms with Gasteiger partial charge in [0.25, 0.3) is 0 Å². The summed E-state index contributed by atoms with van der Waals surface area (Å²) in [6.07, 6.45) is 1.75. The van der Waals surface area contributed by atoms with Gasteiger partial charge >= 0.3 is 5.97 Å². The van der Waals surface area contributed by atoms with Gasteiger partial charge in [-0.3, -0.25) is 4.79 Å². The average Bonchev–Trinajstić information content (AvgIpc) is 2.89. The van der Waals surface area contributed by atoms with Crippen molar-refractivity contribution in [1.82, 2.24) is 5.43 Å². The van der Waals surface area contributed by atoms with Crippen LogP contribution in [-0.2, 0) is 11.2 Å². The number of carbonyl (C=O) groups excluding carboxylic acids is 2. The van der Waals surface area contributed by atoms with Crippen LogP contribution in [-0.4, -0.2) is 32.3 Å². The molecule has 0 radical (unpaired) electrons. The molecule has 0 aromatic heterocycles. The molecule has 1 amide bonds. The van der Waals surface area contributed by atoms with Gasteiger partial charge in [-0.15, -0.1) is 0 Å². The van der Waals surface area contributed by atoms with Crippen LogP contribution in [0.3, 0.4) is 0 Å². The molecule has 0 spiro atoms. The van der Waals surface area contributed by atoms with E-state index in [0.29, 0.717) is 22.8 Å². The molecule has 0 saturated heterocycles. The Morgan fingerprint density at radius 3 is 2.37 bits per heavy atom. The van der Waals surface area contributed by atoms with Gasteiger partial charge in [0.2, 0.25) is 5.91 Å². The van der Waals surface area contributed by atoms with Crippen molar-refractivity contribution in [3.8, 4) is 17.2 Å². The molecule has 7 heteroatoms. The number of carbonyl (C=O) groups is 2. The molecule has 0 heterocycles. The topological polar surface area (TPSA) is 86.2 Å². The number of nitrogens with zero attached hydrogens (tertiary/aromatic N) is 1. The zero-order valence-corrected chi connectivity index (χ0v) is 19.4. The van der Waals surface area contributed by atoms with Crippen molar-refractivity contribution < 1.29 is 23.8 Å². The number of ether oxygens (including phenoxy) is 3. The molecule has 0 atom stereocenters. The summed E-state index contributed by atoms with van der Waals surface area (Å²) in [6, 6.07) is 25.4. The van der Waals surface area contributed by atoms with Crippen molar-refractivity contribution in [2.75, 3.05) is 14.2 Å². The number of fused-ring (bicyclic) bond motifs is 1. The molecule has 0 saturated carbocycles. The van der Waals surface area contributed by atoms with Crippen LogP contribution in [0.25, 0.3) is 10.8 Å². The third kappa shape index (κ3) is 5.83. The minimum absolute atomic E-state index is 0.210. The monoisotopic (exact) mass is 468 g/mol. The van der Waals surface area contributed by atoms with Gasteiger partial charge in [0.1, 0.15) is 5.75 Å². The number of esters is 1. The molecule has 1 N–H and O–H groups in total. The molecule has 0 fully saturated rings. The van der Waals surface area contributed by atoms with E-state index in [4.69, 9.17) is 14.2 Å². The van der Waals surface area contributed by atoms with Gasteiger partial charge in [-0.1, -0.05) is 42.5 Å². The van der Waals surface area contributed by atoms with E-state index >= 15 is 0 Å². The van der Waals surface area contributed by atoms with E-state index in [-0.39, 0.29) is 12.3 Å². The van der Waals surface area contributed by atoms with E-state index in [1.165, 1.54) is 20.4 Å². The molecule has 0 aliphatic rings. The van der Waals surface area contributed by atoms with Crippen molar-refractivity contribution in [1.29, 1.82) is 0 Å². The second-order valence-electron chi connectivity index (χ2n) is 7.64. The lowest BCUT2D eigenvalue weighted by Gasteiger charge is -2.09. The summed E-state index contributed by atoms with van der Waals surface area (Å²) in [6.45, 7) is 0. The second kappa shape index (κ2) is 11.0. The van der Waals surface area contributed by atoms with E-state index in [1.54, 1.807) is 42.5 Å². The lowest BCUT2D eigenvalue weighted by Crippen LogP contribution is -2.19. The van der Waals surface area contributed by atoms with E-state index in [1.807, 2.05) is 42.5 Å². The van der Waals surface area contributed by atoms with Crippen molar-refractivity contribution in [3.63, 3.8) is 0 Å². The number of methoxy groups -OCH3 is 2. The molecule has 7 nitrogen and oxygen atoms in total. The van der Waals surface area contributed by atoms with E-state index in [2.05, 4.69) is 10.5 Å². The highest BCUT2D eigenvalue weighted by atomic mass is 16.5. The summed E-state index contributed by atoms with van der Waals surface area (Å²) in [5.41, 5.74) is 4.57. The van der Waals surface area contributed by atoms with E-state index < -0.39 is 5.97 Å². The van der Waals surface area contributed by atoms with Crippen LogP contribution >= 0.6 is 0 Å². The highest BCUT2D eigenvalue weighted by molar-refractivity contribution is 5.92. The van der Waals surface area contributed by atoms with Gasteiger partial charge in [-0.25, -0.2) is 10.2 Å². The Labute approximate surface area is 202 Å². The lowest BCUT2D eigenvalue weighted by molar-refractivity contribution is -0.120. The molecular weight excluding hydrogens is 444 g/mol. The van der Waals surface area contributed by atoms with Crippen LogP contribution in [0.5, 0.6) is 17.2 Å². The maximum atomic E-state index is 12.5. The number of hydrogen-bond acceptors (Lipinski definition) is 6. The zero-order valence-electron chi connectivity index (χ0n) is 19.4. The van der Waals surface area contributed by atoms with Gasteiger partial charge < -0.3 is 14.2 Å². The number of hydrazone groups is 1. The van der Waals surface area contributed by atoms with Gasteiger partial charge in [0, 0.05) is 0 Å². The third-order valence-corrected chi connectivity index (χ3v) is 5.34. The average molecular weight is 469 g/mol. The number of amides is 1. The maximum Gasteiger partial charge on any atom is 0.343 e. The van der Waals surface area contributed by atoms with Crippen LogP contribution in [0.15, 0.2) is 90.0 Å². The Bertz CT molecular complexity index is 1370. The van der Waals surface area contributed by atoms with Crippen LogP contribution in [0.2, 0.25) is 0 Å². The normalized spacial score (nSPS) is 10.8. The summed E-state index contributed by atoms with van der Waals surface area (Å²) in [5.74, 6) is 0.612. The molecule has 0 aliphatic carbocycles. The van der Waals surface area contributed by atoms with Crippen LogP contribution in [0.1, 0.15) is 21.5 Å². The standard InChI is InChI=1S/C28H24N2O5/c1-33-25-15-12-22(16-26(25)34-2)28(32)35-23-13-10-19(11-14-23)18-29-30-27(31)17-21-8-5-7-20-6-3-4-9-24(20)21/h3-16,18H,17H2,1-2H3,(H,30,31)/b29-18-.